The van der Waals surface area contributed by atoms with Crippen molar-refractivity contribution in [2.75, 3.05) is 18.6 Å². The normalized spacial score (nSPS) is 17.7. The molecule has 1 atom stereocenters. The highest BCUT2D eigenvalue weighted by atomic mass is 32.1. The molecular weight excluding hydrogens is 498 g/mol. The second kappa shape index (κ2) is 9.39. The van der Waals surface area contributed by atoms with Crippen LogP contribution in [0.1, 0.15) is 29.7 Å². The van der Waals surface area contributed by atoms with Crippen molar-refractivity contribution in [1.82, 2.24) is 4.57 Å². The van der Waals surface area contributed by atoms with Crippen molar-refractivity contribution < 1.29 is 14.3 Å². The maximum absolute atomic E-state index is 14.2. The molecule has 1 aromatic heterocycles. The van der Waals surface area contributed by atoms with Crippen LogP contribution >= 0.6 is 11.3 Å². The molecule has 0 saturated carbocycles. The fourth-order valence-electron chi connectivity index (χ4n) is 5.03. The van der Waals surface area contributed by atoms with E-state index in [1.54, 1.807) is 18.9 Å². The van der Waals surface area contributed by atoms with Gasteiger partial charge in [-0.05, 0) is 18.6 Å². The van der Waals surface area contributed by atoms with Crippen molar-refractivity contribution in [1.29, 1.82) is 0 Å². The van der Waals surface area contributed by atoms with Gasteiger partial charge in [-0.15, -0.1) is 0 Å². The zero-order valence-electron chi connectivity index (χ0n) is 20.8. The number of ether oxygens (including phenoxy) is 1. The summed E-state index contributed by atoms with van der Waals surface area (Å²) in [4.78, 5) is 47.8. The van der Waals surface area contributed by atoms with E-state index in [0.717, 1.165) is 16.8 Å². The average Bonchev–Trinajstić information content (AvgIpc) is 3.41. The highest BCUT2D eigenvalue weighted by Crippen LogP contribution is 2.36. The van der Waals surface area contributed by atoms with Gasteiger partial charge in [-0.25, -0.2) is 9.79 Å². The SMILES string of the molecule is CCOC(=O)C1=C(c2ccccc2)N=c2s/c(=C3\C(=O)N(C)c4ccccc43)c(=O)n2[C@@H]1c1ccccc1. The molecule has 4 aromatic rings. The summed E-state index contributed by atoms with van der Waals surface area (Å²) in [7, 11) is 1.70. The molecule has 7 nitrogen and oxygen atoms in total. The molecule has 0 unspecified atom stereocenters. The first kappa shape index (κ1) is 23.8. The van der Waals surface area contributed by atoms with Crippen LogP contribution in [0.5, 0.6) is 0 Å². The van der Waals surface area contributed by atoms with Crippen LogP contribution in [0.4, 0.5) is 5.69 Å². The Kier molecular flexibility index (Phi) is 5.88. The molecule has 0 saturated heterocycles. The van der Waals surface area contributed by atoms with E-state index in [4.69, 9.17) is 9.73 Å². The third kappa shape index (κ3) is 3.64. The monoisotopic (exact) mass is 521 g/mol. The van der Waals surface area contributed by atoms with Crippen molar-refractivity contribution in [2.24, 2.45) is 4.99 Å². The van der Waals surface area contributed by atoms with Crippen molar-refractivity contribution in [3.05, 3.63) is 127 Å². The third-order valence-corrected chi connectivity index (χ3v) is 7.80. The van der Waals surface area contributed by atoms with E-state index in [9.17, 15) is 14.4 Å². The predicted molar refractivity (Wildman–Crippen MR) is 146 cm³/mol. The van der Waals surface area contributed by atoms with E-state index in [-0.39, 0.29) is 23.6 Å². The van der Waals surface area contributed by atoms with Gasteiger partial charge in [-0.3, -0.25) is 14.2 Å². The quantitative estimate of drug-likeness (QED) is 0.386. The summed E-state index contributed by atoms with van der Waals surface area (Å²) in [5.74, 6) is -0.787. The maximum atomic E-state index is 14.2. The van der Waals surface area contributed by atoms with Gasteiger partial charge in [-0.1, -0.05) is 90.2 Å². The first-order valence-corrected chi connectivity index (χ1v) is 13.1. The number of amides is 1. The van der Waals surface area contributed by atoms with Crippen LogP contribution in [0.15, 0.2) is 100 Å². The number of rotatable bonds is 4. The van der Waals surface area contributed by atoms with Crippen LogP contribution in [0.3, 0.4) is 0 Å². The van der Waals surface area contributed by atoms with Crippen molar-refractivity contribution in [3.63, 3.8) is 0 Å². The molecule has 0 aliphatic carbocycles. The van der Waals surface area contributed by atoms with Crippen LogP contribution in [0, 0.1) is 0 Å². The largest absolute Gasteiger partial charge is 0.463 e. The minimum Gasteiger partial charge on any atom is -0.463 e. The molecule has 0 fully saturated rings. The summed E-state index contributed by atoms with van der Waals surface area (Å²) in [6.07, 6.45) is 0. The minimum atomic E-state index is -0.777. The zero-order valence-corrected chi connectivity index (χ0v) is 21.6. The molecule has 188 valence electrons. The van der Waals surface area contributed by atoms with E-state index in [2.05, 4.69) is 0 Å². The number of para-hydroxylation sites is 1. The molecule has 6 rings (SSSR count). The Hall–Kier alpha value is -4.56. The van der Waals surface area contributed by atoms with E-state index in [1.165, 1.54) is 15.9 Å². The molecule has 8 heteroatoms. The number of aromatic nitrogens is 1. The predicted octanol–water partition coefficient (Wildman–Crippen LogP) is 3.28. The topological polar surface area (TPSA) is 81.0 Å². The summed E-state index contributed by atoms with van der Waals surface area (Å²) in [6.45, 7) is 1.92. The number of thiazole rings is 1. The highest BCUT2D eigenvalue weighted by molar-refractivity contribution is 7.07. The van der Waals surface area contributed by atoms with Gasteiger partial charge >= 0.3 is 5.97 Å². The number of esters is 1. The third-order valence-electron chi connectivity index (χ3n) is 6.74. The lowest BCUT2D eigenvalue weighted by molar-refractivity contribution is -0.138. The molecule has 38 heavy (non-hydrogen) atoms. The van der Waals surface area contributed by atoms with Gasteiger partial charge in [0, 0.05) is 18.2 Å². The fourth-order valence-corrected chi connectivity index (χ4v) is 6.12. The number of fused-ring (bicyclic) bond motifs is 2. The number of benzene rings is 3. The van der Waals surface area contributed by atoms with Crippen LogP contribution in [0.2, 0.25) is 0 Å². The average molecular weight is 522 g/mol. The van der Waals surface area contributed by atoms with Gasteiger partial charge < -0.3 is 9.64 Å². The first-order chi connectivity index (χ1) is 18.5. The Morgan fingerprint density at radius 3 is 2.32 bits per heavy atom. The lowest BCUT2D eigenvalue weighted by Crippen LogP contribution is -2.40. The van der Waals surface area contributed by atoms with Crippen LogP contribution in [-0.2, 0) is 14.3 Å². The summed E-state index contributed by atoms with van der Waals surface area (Å²) >= 11 is 1.17. The van der Waals surface area contributed by atoms with Gasteiger partial charge in [-0.2, -0.15) is 0 Å². The lowest BCUT2D eigenvalue weighted by atomic mass is 9.93. The Bertz CT molecular complexity index is 1800. The van der Waals surface area contributed by atoms with Gasteiger partial charge in [0.15, 0.2) is 4.80 Å². The van der Waals surface area contributed by atoms with Crippen molar-refractivity contribution in [3.8, 4) is 0 Å². The molecule has 0 spiro atoms. The lowest BCUT2D eigenvalue weighted by Gasteiger charge is -2.25. The number of carbonyl (C=O) groups excluding carboxylic acids is 2. The molecule has 0 bridgehead atoms. The summed E-state index contributed by atoms with van der Waals surface area (Å²) in [6, 6.07) is 25.4. The van der Waals surface area contributed by atoms with Gasteiger partial charge in [0.2, 0.25) is 0 Å². The summed E-state index contributed by atoms with van der Waals surface area (Å²) in [5, 5.41) is 0. The Morgan fingerprint density at radius 2 is 1.61 bits per heavy atom. The molecule has 2 aliphatic heterocycles. The van der Waals surface area contributed by atoms with E-state index in [0.29, 0.717) is 26.2 Å². The number of hydrogen-bond donors (Lipinski definition) is 0. The molecule has 0 N–H and O–H groups in total. The van der Waals surface area contributed by atoms with E-state index < -0.39 is 12.0 Å². The van der Waals surface area contributed by atoms with Crippen molar-refractivity contribution in [2.45, 2.75) is 13.0 Å². The molecular formula is C30H23N3O4S. The molecule has 2 aliphatic rings. The Balaban J connectivity index is 1.72. The van der Waals surface area contributed by atoms with Gasteiger partial charge in [0.25, 0.3) is 11.5 Å². The summed E-state index contributed by atoms with van der Waals surface area (Å²) in [5.41, 5.74) is 3.64. The highest BCUT2D eigenvalue weighted by Gasteiger charge is 2.37. The van der Waals surface area contributed by atoms with Crippen LogP contribution in [0.25, 0.3) is 11.3 Å². The minimum absolute atomic E-state index is 0.179. The smallest absolute Gasteiger partial charge is 0.338 e. The Morgan fingerprint density at radius 1 is 0.947 bits per heavy atom. The standard InChI is InChI=1S/C30H23N3O4S/c1-3-37-29(36)23-24(18-12-6-4-7-13-18)31-30-33(25(23)19-14-8-5-9-15-19)28(35)26(38-30)22-20-16-10-11-17-21(20)32(2)27(22)34/h4-17,25H,3H2,1-2H3/b26-22-/t25-/m1/s1. The fraction of sp³-hybridized carbons (Fsp3) is 0.133. The molecule has 3 aromatic carbocycles. The second-order valence-electron chi connectivity index (χ2n) is 8.92. The Labute approximate surface area is 222 Å². The number of likely N-dealkylation sites (N-methyl/N-ethyl adjacent to an activating group) is 1. The maximum Gasteiger partial charge on any atom is 0.338 e. The molecule has 3 heterocycles. The van der Waals surface area contributed by atoms with Gasteiger partial charge in [0.05, 0.1) is 35.2 Å². The summed E-state index contributed by atoms with van der Waals surface area (Å²) < 4.78 is 7.31. The van der Waals surface area contributed by atoms with E-state index in [1.807, 2.05) is 84.9 Å². The number of carbonyl (C=O) groups is 2. The van der Waals surface area contributed by atoms with Crippen LogP contribution < -0.4 is 19.8 Å². The van der Waals surface area contributed by atoms with Crippen molar-refractivity contribution >= 4 is 40.2 Å². The van der Waals surface area contributed by atoms with Crippen LogP contribution in [-0.4, -0.2) is 30.1 Å². The van der Waals surface area contributed by atoms with Gasteiger partial charge in [0.1, 0.15) is 4.53 Å². The second-order valence-corrected chi connectivity index (χ2v) is 9.90. The number of anilines is 1. The first-order valence-electron chi connectivity index (χ1n) is 12.2. The molecule has 1 amide bonds. The number of nitrogens with zero attached hydrogens (tertiary/aromatic N) is 3. The molecule has 0 radical (unpaired) electrons. The van der Waals surface area contributed by atoms with E-state index >= 15 is 0 Å². The number of hydrogen-bond acceptors (Lipinski definition) is 6. The zero-order chi connectivity index (χ0) is 26.4.